The zero-order valence-corrected chi connectivity index (χ0v) is 14.3. The molecule has 0 saturated carbocycles. The van der Waals surface area contributed by atoms with Crippen LogP contribution in [-0.2, 0) is 0 Å². The monoisotopic (exact) mass is 366 g/mol. The first-order chi connectivity index (χ1) is 10.9. The minimum atomic E-state index is -4.70. The van der Waals surface area contributed by atoms with Crippen molar-refractivity contribution in [2.45, 2.75) is 38.2 Å². The number of rotatable bonds is 7. The Hall–Kier alpha value is -1.50. The highest BCUT2D eigenvalue weighted by Crippen LogP contribution is 2.39. The second kappa shape index (κ2) is 7.59. The summed E-state index contributed by atoms with van der Waals surface area (Å²) in [6, 6.07) is 6.53. The van der Waals surface area contributed by atoms with Crippen molar-refractivity contribution in [1.82, 2.24) is 0 Å². The molecular weight excluding hydrogens is 346 g/mol. The molecule has 0 saturated heterocycles. The Kier molecular flexibility index (Phi) is 6.50. The maximum atomic E-state index is 13.3. The first-order valence-electron chi connectivity index (χ1n) is 7.42. The van der Waals surface area contributed by atoms with E-state index < -0.39 is 45.2 Å². The topological polar surface area (TPSA) is 0 Å². The van der Waals surface area contributed by atoms with E-state index in [9.17, 15) is 26.3 Å². The van der Waals surface area contributed by atoms with Gasteiger partial charge in [-0.15, -0.1) is 13.2 Å². The fraction of sp³-hybridized carbons (Fsp3) is 0.412. The van der Waals surface area contributed by atoms with E-state index in [-0.39, 0.29) is 0 Å². The van der Waals surface area contributed by atoms with Crippen LogP contribution >= 0.6 is 0 Å². The number of halogens is 6. The van der Waals surface area contributed by atoms with Gasteiger partial charge >= 0.3 is 12.4 Å². The number of hydrogen-bond donors (Lipinski definition) is 0. The minimum Gasteiger partial charge on any atom is -0.171 e. The summed E-state index contributed by atoms with van der Waals surface area (Å²) in [5.74, 6) is -2.04. The van der Waals surface area contributed by atoms with Crippen LogP contribution in [-0.4, -0.2) is 20.4 Å². The summed E-state index contributed by atoms with van der Waals surface area (Å²) in [4.78, 5) is 0. The molecule has 0 fully saturated rings. The molecule has 0 aliphatic carbocycles. The van der Waals surface area contributed by atoms with E-state index in [0.717, 1.165) is 5.56 Å². The van der Waals surface area contributed by atoms with Gasteiger partial charge in [0, 0.05) is 6.42 Å². The zero-order chi connectivity index (χ0) is 18.6. The number of hydrogen-bond acceptors (Lipinski definition) is 0. The van der Waals surface area contributed by atoms with Gasteiger partial charge < -0.3 is 0 Å². The molecule has 0 amide bonds. The Morgan fingerprint density at radius 1 is 1.04 bits per heavy atom. The van der Waals surface area contributed by atoms with E-state index in [4.69, 9.17) is 0 Å². The first kappa shape index (κ1) is 20.5. The van der Waals surface area contributed by atoms with Gasteiger partial charge in [-0.2, -0.15) is 26.3 Å². The largest absolute Gasteiger partial charge is 0.391 e. The van der Waals surface area contributed by atoms with Crippen molar-refractivity contribution >= 4 is 13.3 Å². The quantitative estimate of drug-likeness (QED) is 0.434. The van der Waals surface area contributed by atoms with Crippen molar-refractivity contribution in [3.8, 4) is 0 Å². The lowest BCUT2D eigenvalue weighted by Crippen LogP contribution is -2.49. The Balaban J connectivity index is 3.21. The minimum absolute atomic E-state index is 0.412. The standard InChI is InChI=1S/C17H20F6Si/c1-4-24(5-2,15-9-7-6-8-13(15)3)12-14(17(21,22)23)10-11-16(18,19)20/h4-9,14H,1-2,10-12H2,3H3. The molecule has 134 valence electrons. The molecule has 0 bridgehead atoms. The summed E-state index contributed by atoms with van der Waals surface area (Å²) in [6.07, 6.45) is -11.7. The number of aryl methyl sites for hydroxylation is 1. The van der Waals surface area contributed by atoms with E-state index in [1.807, 2.05) is 0 Å². The SMILES string of the molecule is C=C[Si](C=C)(CC(CCC(F)(F)F)C(F)(F)F)c1ccccc1C. The van der Waals surface area contributed by atoms with E-state index in [1.165, 1.54) is 11.4 Å². The zero-order valence-electron chi connectivity index (χ0n) is 13.3. The summed E-state index contributed by atoms with van der Waals surface area (Å²) in [5.41, 5.74) is 3.73. The molecule has 1 unspecified atom stereocenters. The van der Waals surface area contributed by atoms with Crippen molar-refractivity contribution in [1.29, 1.82) is 0 Å². The number of alkyl halides is 6. The highest BCUT2D eigenvalue weighted by Gasteiger charge is 2.46. The summed E-state index contributed by atoms with van der Waals surface area (Å²) in [7, 11) is -2.99. The molecule has 0 spiro atoms. The Morgan fingerprint density at radius 3 is 2.00 bits per heavy atom. The Morgan fingerprint density at radius 2 is 1.58 bits per heavy atom. The molecule has 24 heavy (non-hydrogen) atoms. The average Bonchev–Trinajstić information content (AvgIpc) is 2.47. The fourth-order valence-corrected chi connectivity index (χ4v) is 6.44. The van der Waals surface area contributed by atoms with Gasteiger partial charge in [0.2, 0.25) is 0 Å². The highest BCUT2D eigenvalue weighted by molar-refractivity contribution is 7.00. The lowest BCUT2D eigenvalue weighted by atomic mass is 10.1. The summed E-state index contributed by atoms with van der Waals surface area (Å²) in [6.45, 7) is 9.10. The van der Waals surface area contributed by atoms with Crippen LogP contribution < -0.4 is 5.19 Å². The average molecular weight is 366 g/mol. The molecule has 0 aromatic heterocycles. The molecule has 1 aromatic carbocycles. The molecule has 1 rings (SSSR count). The van der Waals surface area contributed by atoms with Gasteiger partial charge in [0.25, 0.3) is 0 Å². The molecule has 0 aliphatic heterocycles. The third kappa shape index (κ3) is 5.26. The summed E-state index contributed by atoms with van der Waals surface area (Å²) >= 11 is 0. The summed E-state index contributed by atoms with van der Waals surface area (Å²) < 4.78 is 77.1. The van der Waals surface area contributed by atoms with E-state index in [1.54, 1.807) is 31.2 Å². The van der Waals surface area contributed by atoms with E-state index in [0.29, 0.717) is 5.19 Å². The molecule has 0 nitrogen and oxygen atoms in total. The summed E-state index contributed by atoms with van der Waals surface area (Å²) in [5, 5.41) is 0.705. The Bertz CT molecular complexity index is 565. The normalized spacial score (nSPS) is 14.3. The second-order valence-electron chi connectivity index (χ2n) is 5.86. The predicted molar refractivity (Wildman–Crippen MR) is 86.6 cm³/mol. The first-order valence-corrected chi connectivity index (χ1v) is 9.78. The molecule has 1 aromatic rings. The molecular formula is C17H20F6Si. The van der Waals surface area contributed by atoms with Crippen molar-refractivity contribution in [2.24, 2.45) is 5.92 Å². The van der Waals surface area contributed by atoms with Crippen LogP contribution in [0.5, 0.6) is 0 Å². The van der Waals surface area contributed by atoms with Gasteiger partial charge in [0.1, 0.15) is 8.07 Å². The highest BCUT2D eigenvalue weighted by atomic mass is 28.3. The lowest BCUT2D eigenvalue weighted by molar-refractivity contribution is -0.184. The van der Waals surface area contributed by atoms with Gasteiger partial charge in [0.05, 0.1) is 5.92 Å². The van der Waals surface area contributed by atoms with Crippen LogP contribution in [0.25, 0.3) is 0 Å². The van der Waals surface area contributed by atoms with Crippen LogP contribution in [0.1, 0.15) is 18.4 Å². The van der Waals surface area contributed by atoms with Crippen LogP contribution in [0.3, 0.4) is 0 Å². The predicted octanol–water partition coefficient (Wildman–Crippen LogP) is 5.62. The molecule has 0 N–H and O–H groups in total. The van der Waals surface area contributed by atoms with Crippen molar-refractivity contribution in [2.75, 3.05) is 0 Å². The second-order valence-corrected chi connectivity index (χ2v) is 9.70. The van der Waals surface area contributed by atoms with Gasteiger partial charge in [-0.05, 0) is 24.6 Å². The van der Waals surface area contributed by atoms with Crippen LogP contribution in [0.15, 0.2) is 48.8 Å². The van der Waals surface area contributed by atoms with Crippen molar-refractivity contribution in [3.63, 3.8) is 0 Å². The third-order valence-electron chi connectivity index (χ3n) is 4.20. The van der Waals surface area contributed by atoms with Crippen molar-refractivity contribution < 1.29 is 26.3 Å². The smallest absolute Gasteiger partial charge is 0.171 e. The van der Waals surface area contributed by atoms with Gasteiger partial charge in [-0.3, -0.25) is 0 Å². The molecule has 1 atom stereocenters. The van der Waals surface area contributed by atoms with Crippen molar-refractivity contribution in [3.05, 3.63) is 54.4 Å². The molecule has 0 aliphatic rings. The Labute approximate surface area is 138 Å². The maximum Gasteiger partial charge on any atom is 0.391 e. The van der Waals surface area contributed by atoms with E-state index >= 15 is 0 Å². The van der Waals surface area contributed by atoms with Gasteiger partial charge in [-0.1, -0.05) is 41.2 Å². The van der Waals surface area contributed by atoms with Gasteiger partial charge in [-0.25, -0.2) is 0 Å². The molecule has 7 heteroatoms. The van der Waals surface area contributed by atoms with Crippen LogP contribution in [0.4, 0.5) is 26.3 Å². The fourth-order valence-electron chi connectivity index (χ4n) is 2.80. The molecule has 0 heterocycles. The van der Waals surface area contributed by atoms with Gasteiger partial charge in [0.15, 0.2) is 0 Å². The third-order valence-corrected chi connectivity index (χ3v) is 8.39. The van der Waals surface area contributed by atoms with Crippen LogP contribution in [0.2, 0.25) is 6.04 Å². The lowest BCUT2D eigenvalue weighted by Gasteiger charge is -2.32. The molecule has 0 radical (unpaired) electrons. The van der Waals surface area contributed by atoms with Crippen LogP contribution in [0, 0.1) is 12.8 Å². The maximum absolute atomic E-state index is 13.3. The number of benzene rings is 1. The van der Waals surface area contributed by atoms with E-state index in [2.05, 4.69) is 13.2 Å².